The molecular formula is C13H10Cl2O2. The molecule has 0 amide bonds. The summed E-state index contributed by atoms with van der Waals surface area (Å²) < 4.78 is 10.9. The topological polar surface area (TPSA) is 18.5 Å². The normalized spacial score (nSPS) is 10.0. The molecule has 0 aromatic heterocycles. The molecule has 2 nitrogen and oxygen atoms in total. The highest BCUT2D eigenvalue weighted by Gasteiger charge is 2.04. The zero-order valence-electron chi connectivity index (χ0n) is 8.90. The van der Waals surface area contributed by atoms with E-state index in [2.05, 4.69) is 0 Å². The van der Waals surface area contributed by atoms with Crippen molar-refractivity contribution in [3.8, 4) is 17.2 Å². The largest absolute Gasteiger partial charge is 0.474 e. The lowest BCUT2D eigenvalue weighted by atomic mass is 10.3. The predicted octanol–water partition coefficient (Wildman–Crippen LogP) is 4.71. The fraction of sp³-hybridized carbons (Fsp3) is 0.0769. The van der Waals surface area contributed by atoms with Crippen molar-refractivity contribution in [3.63, 3.8) is 0 Å². The van der Waals surface area contributed by atoms with E-state index in [1.54, 1.807) is 30.3 Å². The van der Waals surface area contributed by atoms with Crippen LogP contribution in [0.3, 0.4) is 0 Å². The van der Waals surface area contributed by atoms with Crippen LogP contribution in [0.25, 0.3) is 0 Å². The minimum Gasteiger partial charge on any atom is -0.474 e. The van der Waals surface area contributed by atoms with Gasteiger partial charge in [0.1, 0.15) is 5.75 Å². The molecule has 17 heavy (non-hydrogen) atoms. The second kappa shape index (κ2) is 5.80. The van der Waals surface area contributed by atoms with E-state index in [0.29, 0.717) is 22.3 Å². The van der Waals surface area contributed by atoms with Crippen molar-refractivity contribution in [1.82, 2.24) is 0 Å². The molecular weight excluding hydrogens is 259 g/mol. The summed E-state index contributed by atoms with van der Waals surface area (Å²) in [6, 6.07) is 14.5. The third-order valence-electron chi connectivity index (χ3n) is 2.10. The van der Waals surface area contributed by atoms with Gasteiger partial charge in [0.25, 0.3) is 0 Å². The van der Waals surface area contributed by atoms with E-state index in [0.717, 1.165) is 0 Å². The van der Waals surface area contributed by atoms with Crippen molar-refractivity contribution in [2.24, 2.45) is 0 Å². The van der Waals surface area contributed by atoms with Gasteiger partial charge in [-0.2, -0.15) is 0 Å². The molecule has 4 heteroatoms. The highest BCUT2D eigenvalue weighted by Crippen LogP contribution is 2.31. The molecule has 0 aliphatic heterocycles. The molecule has 0 heterocycles. The molecule has 0 radical (unpaired) electrons. The Kier molecular flexibility index (Phi) is 4.13. The third-order valence-corrected chi connectivity index (χ3v) is 2.46. The molecule has 0 N–H and O–H groups in total. The zero-order valence-corrected chi connectivity index (χ0v) is 10.4. The highest BCUT2D eigenvalue weighted by molar-refractivity contribution is 6.30. The van der Waals surface area contributed by atoms with Crippen molar-refractivity contribution >= 4 is 23.2 Å². The van der Waals surface area contributed by atoms with Crippen molar-refractivity contribution in [2.75, 3.05) is 6.07 Å². The molecule has 0 spiro atoms. The molecule has 0 unspecified atom stereocenters. The van der Waals surface area contributed by atoms with Gasteiger partial charge in [0, 0.05) is 5.02 Å². The number of para-hydroxylation sites is 2. The quantitative estimate of drug-likeness (QED) is 0.748. The number of hydrogen-bond donors (Lipinski definition) is 0. The van der Waals surface area contributed by atoms with Gasteiger partial charge in [-0.25, -0.2) is 0 Å². The van der Waals surface area contributed by atoms with Gasteiger partial charge < -0.3 is 9.47 Å². The first-order valence-corrected chi connectivity index (χ1v) is 5.92. The lowest BCUT2D eigenvalue weighted by Gasteiger charge is -2.10. The number of ether oxygens (including phenoxy) is 2. The summed E-state index contributed by atoms with van der Waals surface area (Å²) in [7, 11) is 0. The first-order valence-electron chi connectivity index (χ1n) is 5.01. The van der Waals surface area contributed by atoms with Gasteiger partial charge in [-0.1, -0.05) is 35.3 Å². The van der Waals surface area contributed by atoms with Gasteiger partial charge in [-0.3, -0.25) is 0 Å². The van der Waals surface area contributed by atoms with Crippen LogP contribution < -0.4 is 9.47 Å². The Labute approximate surface area is 110 Å². The smallest absolute Gasteiger partial charge is 0.169 e. The third kappa shape index (κ3) is 3.29. The second-order valence-corrected chi connectivity index (χ2v) is 3.91. The molecule has 0 saturated heterocycles. The molecule has 2 aromatic rings. The van der Waals surface area contributed by atoms with Gasteiger partial charge >= 0.3 is 0 Å². The van der Waals surface area contributed by atoms with E-state index in [1.807, 2.05) is 18.2 Å². The van der Waals surface area contributed by atoms with Crippen LogP contribution in [0.15, 0.2) is 48.5 Å². The average Bonchev–Trinajstić information content (AvgIpc) is 2.35. The van der Waals surface area contributed by atoms with Gasteiger partial charge in [0.05, 0.1) is 0 Å². The van der Waals surface area contributed by atoms with Crippen LogP contribution in [0.5, 0.6) is 17.2 Å². The van der Waals surface area contributed by atoms with E-state index in [1.165, 1.54) is 0 Å². The lowest BCUT2D eigenvalue weighted by Crippen LogP contribution is -1.92. The van der Waals surface area contributed by atoms with Crippen LogP contribution in [0, 0.1) is 0 Å². The van der Waals surface area contributed by atoms with Crippen LogP contribution in [-0.4, -0.2) is 6.07 Å². The van der Waals surface area contributed by atoms with E-state index >= 15 is 0 Å². The van der Waals surface area contributed by atoms with Crippen LogP contribution >= 0.6 is 23.2 Å². The number of benzene rings is 2. The molecule has 0 aliphatic rings. The minimum atomic E-state index is 0.0843. The maximum absolute atomic E-state index is 5.80. The van der Waals surface area contributed by atoms with Crippen molar-refractivity contribution in [3.05, 3.63) is 53.6 Å². The Morgan fingerprint density at radius 1 is 0.882 bits per heavy atom. The number of halogens is 2. The Balaban J connectivity index is 2.20. The minimum absolute atomic E-state index is 0.0843. The molecule has 2 rings (SSSR count). The van der Waals surface area contributed by atoms with Crippen LogP contribution in [0.4, 0.5) is 0 Å². The fourth-order valence-electron chi connectivity index (χ4n) is 1.34. The van der Waals surface area contributed by atoms with Crippen molar-refractivity contribution in [1.29, 1.82) is 0 Å². The van der Waals surface area contributed by atoms with Gasteiger partial charge in [-0.05, 0) is 36.4 Å². The Morgan fingerprint density at radius 3 is 2.18 bits per heavy atom. The van der Waals surface area contributed by atoms with E-state index < -0.39 is 0 Å². The Bertz CT molecular complexity index is 483. The summed E-state index contributed by atoms with van der Waals surface area (Å²) in [5.41, 5.74) is 0. The average molecular weight is 269 g/mol. The molecule has 88 valence electrons. The zero-order chi connectivity index (χ0) is 12.1. The monoisotopic (exact) mass is 268 g/mol. The maximum atomic E-state index is 5.80. The molecule has 0 atom stereocenters. The highest BCUT2D eigenvalue weighted by atomic mass is 35.5. The summed E-state index contributed by atoms with van der Waals surface area (Å²) in [5.74, 6) is 1.92. The maximum Gasteiger partial charge on any atom is 0.169 e. The summed E-state index contributed by atoms with van der Waals surface area (Å²) in [5, 5.41) is 0.669. The van der Waals surface area contributed by atoms with Crippen LogP contribution in [0.1, 0.15) is 0 Å². The molecule has 0 saturated carbocycles. The number of hydrogen-bond acceptors (Lipinski definition) is 2. The van der Waals surface area contributed by atoms with Gasteiger partial charge in [0.2, 0.25) is 0 Å². The van der Waals surface area contributed by atoms with Crippen LogP contribution in [0.2, 0.25) is 5.02 Å². The van der Waals surface area contributed by atoms with E-state index in [-0.39, 0.29) is 6.07 Å². The predicted molar refractivity (Wildman–Crippen MR) is 69.3 cm³/mol. The summed E-state index contributed by atoms with van der Waals surface area (Å²) in [6.07, 6.45) is 0. The second-order valence-electron chi connectivity index (χ2n) is 3.26. The van der Waals surface area contributed by atoms with Crippen LogP contribution in [-0.2, 0) is 0 Å². The lowest BCUT2D eigenvalue weighted by molar-refractivity contribution is 0.359. The number of alkyl halides is 1. The van der Waals surface area contributed by atoms with Crippen molar-refractivity contribution < 1.29 is 9.47 Å². The van der Waals surface area contributed by atoms with E-state index in [4.69, 9.17) is 32.7 Å². The Hall–Kier alpha value is -1.38. The molecule has 2 aromatic carbocycles. The number of rotatable bonds is 4. The van der Waals surface area contributed by atoms with Crippen molar-refractivity contribution in [2.45, 2.75) is 0 Å². The van der Waals surface area contributed by atoms with E-state index in [9.17, 15) is 0 Å². The summed E-state index contributed by atoms with van der Waals surface area (Å²) in [6.45, 7) is 0. The van der Waals surface area contributed by atoms with Gasteiger partial charge in [0.15, 0.2) is 17.6 Å². The molecule has 0 aliphatic carbocycles. The molecule has 0 fully saturated rings. The first kappa shape index (κ1) is 12.1. The summed E-state index contributed by atoms with van der Waals surface area (Å²) in [4.78, 5) is 0. The Morgan fingerprint density at radius 2 is 1.53 bits per heavy atom. The molecule has 0 bridgehead atoms. The standard InChI is InChI=1S/C13H10Cl2O2/c14-9-16-12-3-1-2-4-13(12)17-11-7-5-10(15)6-8-11/h1-8H,9H2. The summed E-state index contributed by atoms with van der Waals surface area (Å²) >= 11 is 11.3. The van der Waals surface area contributed by atoms with Gasteiger partial charge in [-0.15, -0.1) is 0 Å². The first-order chi connectivity index (χ1) is 8.29. The fourth-order valence-corrected chi connectivity index (χ4v) is 1.59. The SMILES string of the molecule is ClCOc1ccccc1Oc1ccc(Cl)cc1.